The molecule has 1 aromatic carbocycles. The van der Waals surface area contributed by atoms with E-state index in [4.69, 9.17) is 0 Å². The lowest BCUT2D eigenvalue weighted by Crippen LogP contribution is -2.51. The minimum atomic E-state index is -6.92. The topological polar surface area (TPSA) is 0 Å². The van der Waals surface area contributed by atoms with Crippen LogP contribution in [0.1, 0.15) is 5.56 Å². The predicted octanol–water partition coefficient (Wildman–Crippen LogP) is 5.29. The van der Waals surface area contributed by atoms with Gasteiger partial charge in [0.25, 0.3) is 0 Å². The molecule has 0 aromatic heterocycles. The molecule has 21 heavy (non-hydrogen) atoms. The average Bonchev–Trinajstić information content (AvgIpc) is 2.31. The van der Waals surface area contributed by atoms with Gasteiger partial charge in [0, 0.05) is 0 Å². The third-order valence-corrected chi connectivity index (χ3v) is 3.03. The van der Waals surface area contributed by atoms with Crippen molar-refractivity contribution in [2.45, 2.75) is 18.0 Å². The highest BCUT2D eigenvalue weighted by Gasteiger charge is 2.75. The first-order valence-corrected chi connectivity index (χ1v) is 5.31. The van der Waals surface area contributed by atoms with Crippen LogP contribution in [0, 0.1) is 23.3 Å². The molecule has 1 rings (SSSR count). The molecular weight excluding hydrogens is 397 g/mol. The number of halogens is 12. The molecule has 0 radical (unpaired) electrons. The van der Waals surface area contributed by atoms with Crippen molar-refractivity contribution in [3.05, 3.63) is 33.3 Å². The van der Waals surface area contributed by atoms with Crippen LogP contribution in [0.5, 0.6) is 0 Å². The molecule has 0 aliphatic carbocycles. The largest absolute Gasteiger partial charge is 0.436 e. The van der Waals surface area contributed by atoms with E-state index in [2.05, 4.69) is 0 Å². The lowest BCUT2D eigenvalue weighted by atomic mass is 9.92. The van der Waals surface area contributed by atoms with Gasteiger partial charge in [0.05, 0.1) is 10.0 Å². The molecule has 0 unspecified atom stereocenters. The number of alkyl halides is 7. The zero-order valence-electron chi connectivity index (χ0n) is 9.04. The molecule has 0 fully saturated rings. The summed E-state index contributed by atoms with van der Waals surface area (Å²) in [4.78, 5) is 0. The molecule has 12 heteroatoms. The van der Waals surface area contributed by atoms with Crippen molar-refractivity contribution in [3.8, 4) is 0 Å². The van der Waals surface area contributed by atoms with Crippen molar-refractivity contribution in [2.75, 3.05) is 0 Å². The van der Waals surface area contributed by atoms with Gasteiger partial charge in [-0.15, -0.1) is 0 Å². The van der Waals surface area contributed by atoms with Crippen molar-refractivity contribution < 1.29 is 48.3 Å². The van der Waals surface area contributed by atoms with Crippen molar-refractivity contribution >= 4 is 15.9 Å². The molecule has 0 spiro atoms. The van der Waals surface area contributed by atoms with E-state index < -0.39 is 51.3 Å². The Kier molecular flexibility index (Phi) is 4.27. The van der Waals surface area contributed by atoms with Crippen LogP contribution in [-0.4, -0.2) is 12.4 Å². The monoisotopic (exact) mass is 396 g/mol. The third-order valence-electron chi connectivity index (χ3n) is 2.34. The fourth-order valence-corrected chi connectivity index (χ4v) is 1.70. The molecule has 1 aromatic rings. The zero-order chi connectivity index (χ0) is 17.0. The number of hydrogen-bond acceptors (Lipinski definition) is 0. The summed E-state index contributed by atoms with van der Waals surface area (Å²) >= 11 is 1.87. The van der Waals surface area contributed by atoms with Gasteiger partial charge in [0.2, 0.25) is 0 Å². The Bertz CT molecular complexity index is 528. The van der Waals surface area contributed by atoms with Gasteiger partial charge in [-0.05, 0) is 15.9 Å². The zero-order valence-corrected chi connectivity index (χ0v) is 10.6. The molecule has 0 aliphatic rings. The molecule has 0 saturated heterocycles. The van der Waals surface area contributed by atoms with E-state index in [1.54, 1.807) is 0 Å². The SMILES string of the molecule is Fc1c(F)c(C(F)(C(F)(F)F)C(F)(F)F)c(F)c(F)c1Br. The van der Waals surface area contributed by atoms with Crippen LogP contribution in [-0.2, 0) is 5.67 Å². The van der Waals surface area contributed by atoms with Crippen molar-refractivity contribution in [2.24, 2.45) is 0 Å². The molecule has 0 bridgehead atoms. The number of rotatable bonds is 1. The quantitative estimate of drug-likeness (QED) is 0.343. The Morgan fingerprint density at radius 1 is 0.571 bits per heavy atom. The lowest BCUT2D eigenvalue weighted by Gasteiger charge is -2.31. The maximum Gasteiger partial charge on any atom is 0.436 e. The van der Waals surface area contributed by atoms with Crippen LogP contribution in [0.2, 0.25) is 0 Å². The van der Waals surface area contributed by atoms with E-state index in [1.165, 1.54) is 0 Å². The predicted molar refractivity (Wildman–Crippen MR) is 48.9 cm³/mol. The van der Waals surface area contributed by atoms with Crippen molar-refractivity contribution in [1.82, 2.24) is 0 Å². The molecule has 0 heterocycles. The fraction of sp³-hybridized carbons (Fsp3) is 0.333. The summed E-state index contributed by atoms with van der Waals surface area (Å²) in [7, 11) is 0. The lowest BCUT2D eigenvalue weighted by molar-refractivity contribution is -0.350. The minimum Gasteiger partial charge on any atom is -0.218 e. The molecule has 120 valence electrons. The second kappa shape index (κ2) is 4.99. The van der Waals surface area contributed by atoms with E-state index in [1.807, 2.05) is 15.9 Å². The molecule has 0 aliphatic heterocycles. The van der Waals surface area contributed by atoms with E-state index in [-0.39, 0.29) is 0 Å². The van der Waals surface area contributed by atoms with E-state index in [0.29, 0.717) is 0 Å². The highest BCUT2D eigenvalue weighted by Crippen LogP contribution is 2.55. The summed E-state index contributed by atoms with van der Waals surface area (Å²) in [5, 5.41) is 0. The summed E-state index contributed by atoms with van der Waals surface area (Å²) < 4.78 is 138. The summed E-state index contributed by atoms with van der Waals surface area (Å²) in [5.74, 6) is -11.6. The van der Waals surface area contributed by atoms with Crippen LogP contribution < -0.4 is 0 Å². The van der Waals surface area contributed by atoms with E-state index >= 15 is 0 Å². The summed E-state index contributed by atoms with van der Waals surface area (Å²) in [5.41, 5.74) is -10.1. The Morgan fingerprint density at radius 3 is 1.10 bits per heavy atom. The smallest absolute Gasteiger partial charge is 0.218 e. The van der Waals surface area contributed by atoms with Crippen LogP contribution in [0.25, 0.3) is 0 Å². The van der Waals surface area contributed by atoms with Gasteiger partial charge in [0.1, 0.15) is 0 Å². The van der Waals surface area contributed by atoms with Crippen molar-refractivity contribution in [1.29, 1.82) is 0 Å². The van der Waals surface area contributed by atoms with E-state index in [0.717, 1.165) is 0 Å². The minimum absolute atomic E-state index is 1.71. The van der Waals surface area contributed by atoms with Crippen molar-refractivity contribution in [3.63, 3.8) is 0 Å². The van der Waals surface area contributed by atoms with Crippen LogP contribution in [0.3, 0.4) is 0 Å². The van der Waals surface area contributed by atoms with Gasteiger partial charge in [0.15, 0.2) is 23.3 Å². The van der Waals surface area contributed by atoms with Crippen LogP contribution in [0.4, 0.5) is 48.3 Å². The maximum absolute atomic E-state index is 13.5. The highest BCUT2D eigenvalue weighted by molar-refractivity contribution is 9.10. The van der Waals surface area contributed by atoms with E-state index in [9.17, 15) is 48.3 Å². The summed E-state index contributed by atoms with van der Waals surface area (Å²) in [6.45, 7) is 0. The van der Waals surface area contributed by atoms with Gasteiger partial charge >= 0.3 is 18.0 Å². The first-order chi connectivity index (χ1) is 9.18. The normalized spacial score (nSPS) is 13.7. The Hall–Kier alpha value is -1.07. The molecule has 0 N–H and O–H groups in total. The van der Waals surface area contributed by atoms with Gasteiger partial charge in [-0.2, -0.15) is 26.3 Å². The van der Waals surface area contributed by atoms with Crippen LogP contribution >= 0.6 is 15.9 Å². The fourth-order valence-electron chi connectivity index (χ4n) is 1.35. The Balaban J connectivity index is 3.96. The first kappa shape index (κ1) is 18.0. The standard InChI is InChI=1S/C9BrF11/c10-2-5(13)3(11)1(4(12)6(2)14)7(15,8(16,17)18)9(19,20)21. The van der Waals surface area contributed by atoms with Gasteiger partial charge in [-0.1, -0.05) is 0 Å². The van der Waals surface area contributed by atoms with Gasteiger partial charge in [-0.3, -0.25) is 0 Å². The second-order valence-corrected chi connectivity index (χ2v) is 4.39. The summed E-state index contributed by atoms with van der Waals surface area (Å²) in [6, 6.07) is 0. The van der Waals surface area contributed by atoms with Gasteiger partial charge in [-0.25, -0.2) is 22.0 Å². The molecule has 0 saturated carbocycles. The second-order valence-electron chi connectivity index (χ2n) is 3.60. The molecule has 0 nitrogen and oxygen atoms in total. The summed E-state index contributed by atoms with van der Waals surface area (Å²) in [6.07, 6.45) is -13.8. The molecule has 0 amide bonds. The Morgan fingerprint density at radius 2 is 0.857 bits per heavy atom. The van der Waals surface area contributed by atoms with Gasteiger partial charge < -0.3 is 0 Å². The maximum atomic E-state index is 13.5. The first-order valence-electron chi connectivity index (χ1n) is 4.52. The Labute approximate surface area is 116 Å². The highest BCUT2D eigenvalue weighted by atomic mass is 79.9. The van der Waals surface area contributed by atoms with Crippen LogP contribution in [0.15, 0.2) is 4.47 Å². The third kappa shape index (κ3) is 2.46. The molecular formula is C9BrF11. The number of benzene rings is 1. The molecule has 0 atom stereocenters. The number of hydrogen-bond donors (Lipinski definition) is 0. The average molecular weight is 397 g/mol.